The van der Waals surface area contributed by atoms with E-state index in [1.165, 1.54) is 5.56 Å². The zero-order chi connectivity index (χ0) is 15.2. The van der Waals surface area contributed by atoms with Crippen molar-refractivity contribution in [1.29, 1.82) is 0 Å². The molecular formula is C16H27Cl2N3O2. The Balaban J connectivity index is 0.00000242. The van der Waals surface area contributed by atoms with Crippen molar-refractivity contribution in [3.63, 3.8) is 0 Å². The fourth-order valence-electron chi connectivity index (χ4n) is 2.35. The van der Waals surface area contributed by atoms with Crippen LogP contribution in [0.25, 0.3) is 0 Å². The number of hydrogen-bond donors (Lipinski definition) is 2. The van der Waals surface area contributed by atoms with Gasteiger partial charge in [-0.1, -0.05) is 12.1 Å². The van der Waals surface area contributed by atoms with Crippen molar-refractivity contribution in [2.75, 3.05) is 39.1 Å². The van der Waals surface area contributed by atoms with Crippen LogP contribution in [0.4, 0.5) is 5.69 Å². The number of likely N-dealkylation sites (N-methyl/N-ethyl adjacent to an activating group) is 1. The van der Waals surface area contributed by atoms with E-state index in [0.29, 0.717) is 13.2 Å². The monoisotopic (exact) mass is 363 g/mol. The molecule has 1 heterocycles. The van der Waals surface area contributed by atoms with Crippen LogP contribution in [0.2, 0.25) is 0 Å². The summed E-state index contributed by atoms with van der Waals surface area (Å²) < 4.78 is 5.49. The van der Waals surface area contributed by atoms with Crippen molar-refractivity contribution >= 4 is 36.4 Å². The van der Waals surface area contributed by atoms with Gasteiger partial charge < -0.3 is 20.3 Å². The van der Waals surface area contributed by atoms with Crippen LogP contribution in [0.15, 0.2) is 24.3 Å². The molecule has 132 valence electrons. The van der Waals surface area contributed by atoms with E-state index < -0.39 is 0 Å². The number of amides is 1. The first-order chi connectivity index (χ1) is 10.1. The molecular weight excluding hydrogens is 337 g/mol. The normalized spacial score (nSPS) is 20.3. The lowest BCUT2D eigenvalue weighted by Gasteiger charge is -2.29. The van der Waals surface area contributed by atoms with Gasteiger partial charge in [0.1, 0.15) is 6.04 Å². The maximum absolute atomic E-state index is 12.2. The summed E-state index contributed by atoms with van der Waals surface area (Å²) in [5.41, 5.74) is 2.10. The topological polar surface area (TPSA) is 53.6 Å². The van der Waals surface area contributed by atoms with Gasteiger partial charge >= 0.3 is 0 Å². The minimum absolute atomic E-state index is 0. The summed E-state index contributed by atoms with van der Waals surface area (Å²) in [6, 6.07) is 7.75. The van der Waals surface area contributed by atoms with Gasteiger partial charge in [0.2, 0.25) is 5.91 Å². The predicted molar refractivity (Wildman–Crippen MR) is 99.0 cm³/mol. The molecule has 2 rings (SSSR count). The number of halogens is 2. The standard InChI is InChI=1S/C16H25N3O2.2ClH/c1-12-15(17-9-11-21-12)16(20)18-14-6-4-13(5-7-14)8-10-19(2)3;;/h4-7,12,15,17H,8-11H2,1-3H3,(H,18,20);2*1H/t12-,15+;;/m1../s1. The largest absolute Gasteiger partial charge is 0.375 e. The zero-order valence-electron chi connectivity index (χ0n) is 13.9. The van der Waals surface area contributed by atoms with Gasteiger partial charge in [0.15, 0.2) is 0 Å². The highest BCUT2D eigenvalue weighted by Crippen LogP contribution is 2.12. The first-order valence-corrected chi connectivity index (χ1v) is 7.46. The summed E-state index contributed by atoms with van der Waals surface area (Å²) >= 11 is 0. The lowest BCUT2D eigenvalue weighted by atomic mass is 10.1. The molecule has 1 saturated heterocycles. The Hall–Kier alpha value is -0.850. The second-order valence-corrected chi connectivity index (χ2v) is 5.75. The maximum Gasteiger partial charge on any atom is 0.244 e. The highest BCUT2D eigenvalue weighted by molar-refractivity contribution is 5.95. The van der Waals surface area contributed by atoms with Gasteiger partial charge in [-0.15, -0.1) is 24.8 Å². The summed E-state index contributed by atoms with van der Waals surface area (Å²) in [5, 5.41) is 6.13. The van der Waals surface area contributed by atoms with E-state index in [2.05, 4.69) is 41.8 Å². The number of nitrogens with zero attached hydrogens (tertiary/aromatic N) is 1. The quantitative estimate of drug-likeness (QED) is 0.839. The molecule has 0 aromatic heterocycles. The van der Waals surface area contributed by atoms with Crippen LogP contribution >= 0.6 is 24.8 Å². The van der Waals surface area contributed by atoms with E-state index in [4.69, 9.17) is 4.74 Å². The molecule has 23 heavy (non-hydrogen) atoms. The molecule has 1 aliphatic rings. The first kappa shape index (κ1) is 22.1. The van der Waals surface area contributed by atoms with Crippen molar-refractivity contribution in [2.24, 2.45) is 0 Å². The number of hydrogen-bond acceptors (Lipinski definition) is 4. The van der Waals surface area contributed by atoms with Gasteiger partial charge in [0, 0.05) is 18.8 Å². The molecule has 2 atom stereocenters. The predicted octanol–water partition coefficient (Wildman–Crippen LogP) is 1.95. The molecule has 0 spiro atoms. The van der Waals surface area contributed by atoms with Gasteiger partial charge in [0.25, 0.3) is 0 Å². The number of benzene rings is 1. The average Bonchev–Trinajstić information content (AvgIpc) is 2.47. The van der Waals surface area contributed by atoms with Gasteiger partial charge in [-0.2, -0.15) is 0 Å². The van der Waals surface area contributed by atoms with E-state index in [0.717, 1.165) is 18.7 Å². The van der Waals surface area contributed by atoms with Gasteiger partial charge in [0.05, 0.1) is 12.7 Å². The zero-order valence-corrected chi connectivity index (χ0v) is 15.5. The third kappa shape index (κ3) is 7.06. The van der Waals surface area contributed by atoms with E-state index in [1.54, 1.807) is 0 Å². The summed E-state index contributed by atoms with van der Waals surface area (Å²) in [6.45, 7) is 4.31. The molecule has 0 unspecified atom stereocenters. The number of carbonyl (C=O) groups excluding carboxylic acids is 1. The average molecular weight is 364 g/mol. The minimum Gasteiger partial charge on any atom is -0.375 e. The Morgan fingerprint density at radius 1 is 1.30 bits per heavy atom. The molecule has 2 N–H and O–H groups in total. The molecule has 0 radical (unpaired) electrons. The Morgan fingerprint density at radius 3 is 2.52 bits per heavy atom. The number of nitrogens with one attached hydrogen (secondary N) is 2. The van der Waals surface area contributed by atoms with Crippen molar-refractivity contribution in [1.82, 2.24) is 10.2 Å². The van der Waals surface area contributed by atoms with Gasteiger partial charge in [-0.3, -0.25) is 4.79 Å². The Morgan fingerprint density at radius 2 is 1.96 bits per heavy atom. The highest BCUT2D eigenvalue weighted by Gasteiger charge is 2.28. The Kier molecular flexibility index (Phi) is 10.4. The maximum atomic E-state index is 12.2. The minimum atomic E-state index is -0.285. The van der Waals surface area contributed by atoms with Crippen molar-refractivity contribution < 1.29 is 9.53 Å². The second-order valence-electron chi connectivity index (χ2n) is 5.75. The van der Waals surface area contributed by atoms with Crippen molar-refractivity contribution in [3.05, 3.63) is 29.8 Å². The fraction of sp³-hybridized carbons (Fsp3) is 0.562. The van der Waals surface area contributed by atoms with E-state index in [-0.39, 0.29) is 42.9 Å². The van der Waals surface area contributed by atoms with Crippen LogP contribution in [0.5, 0.6) is 0 Å². The molecule has 1 aromatic rings. The molecule has 0 aliphatic carbocycles. The van der Waals surface area contributed by atoms with E-state index in [9.17, 15) is 4.79 Å². The Bertz CT molecular complexity index is 469. The van der Waals surface area contributed by atoms with Crippen LogP contribution in [0.3, 0.4) is 0 Å². The van der Waals surface area contributed by atoms with Crippen LogP contribution in [-0.4, -0.2) is 56.7 Å². The summed E-state index contributed by atoms with van der Waals surface area (Å²) in [4.78, 5) is 14.4. The number of morpholine rings is 1. The highest BCUT2D eigenvalue weighted by atomic mass is 35.5. The fourth-order valence-corrected chi connectivity index (χ4v) is 2.35. The van der Waals surface area contributed by atoms with Crippen LogP contribution < -0.4 is 10.6 Å². The van der Waals surface area contributed by atoms with E-state index >= 15 is 0 Å². The summed E-state index contributed by atoms with van der Waals surface area (Å²) in [5.74, 6) is -0.0387. The molecule has 0 bridgehead atoms. The number of rotatable bonds is 5. The molecule has 5 nitrogen and oxygen atoms in total. The van der Waals surface area contributed by atoms with Gasteiger partial charge in [-0.25, -0.2) is 0 Å². The molecule has 1 aromatic carbocycles. The number of anilines is 1. The molecule has 1 aliphatic heterocycles. The number of carbonyl (C=O) groups is 1. The lowest BCUT2D eigenvalue weighted by molar-refractivity contribution is -0.123. The first-order valence-electron chi connectivity index (χ1n) is 7.46. The second kappa shape index (κ2) is 10.8. The third-order valence-electron chi connectivity index (χ3n) is 3.67. The molecule has 1 amide bonds. The smallest absolute Gasteiger partial charge is 0.244 e. The van der Waals surface area contributed by atoms with Crippen molar-refractivity contribution in [2.45, 2.75) is 25.5 Å². The van der Waals surface area contributed by atoms with Gasteiger partial charge in [-0.05, 0) is 45.1 Å². The van der Waals surface area contributed by atoms with Crippen LogP contribution in [0, 0.1) is 0 Å². The number of ether oxygens (including phenoxy) is 1. The van der Waals surface area contributed by atoms with Crippen molar-refractivity contribution in [3.8, 4) is 0 Å². The summed E-state index contributed by atoms with van der Waals surface area (Å²) in [6.07, 6.45) is 0.911. The molecule has 7 heteroatoms. The Labute approximate surface area is 151 Å². The van der Waals surface area contributed by atoms with Crippen LogP contribution in [0.1, 0.15) is 12.5 Å². The van der Waals surface area contributed by atoms with E-state index in [1.807, 2.05) is 19.1 Å². The summed E-state index contributed by atoms with van der Waals surface area (Å²) in [7, 11) is 4.13. The van der Waals surface area contributed by atoms with Crippen LogP contribution in [-0.2, 0) is 16.0 Å². The third-order valence-corrected chi connectivity index (χ3v) is 3.67. The molecule has 1 fully saturated rings. The lowest BCUT2D eigenvalue weighted by Crippen LogP contribution is -2.53. The molecule has 0 saturated carbocycles. The SMILES string of the molecule is C[C@H]1OCCN[C@@H]1C(=O)Nc1ccc(CCN(C)C)cc1.Cl.Cl.